The quantitative estimate of drug-likeness (QED) is 0.523. The molecule has 3 rings (SSSR count). The van der Waals surface area contributed by atoms with Crippen LogP contribution in [0, 0.1) is 27.7 Å². The number of aromatic nitrogens is 1. The number of benzene rings is 2. The largest absolute Gasteiger partial charge is 0.318 e. The van der Waals surface area contributed by atoms with E-state index in [2.05, 4.69) is 67.1 Å². The molecule has 3 heteroatoms. The maximum atomic E-state index is 4.37. The molecular formula is C21H23N3. The number of hydrogen-bond donors (Lipinski definition) is 1. The van der Waals surface area contributed by atoms with Gasteiger partial charge in [0.25, 0.3) is 0 Å². The lowest BCUT2D eigenvalue weighted by Gasteiger charge is -2.14. The lowest BCUT2D eigenvalue weighted by atomic mass is 10.1. The monoisotopic (exact) mass is 317 g/mol. The van der Waals surface area contributed by atoms with E-state index in [4.69, 9.17) is 0 Å². The number of anilines is 1. The second kappa shape index (κ2) is 6.75. The second-order valence-corrected chi connectivity index (χ2v) is 6.12. The van der Waals surface area contributed by atoms with Crippen LogP contribution in [0.4, 0.5) is 5.69 Å². The molecule has 0 unspecified atom stereocenters. The Morgan fingerprint density at radius 2 is 1.67 bits per heavy atom. The lowest BCUT2D eigenvalue weighted by molar-refractivity contribution is 0.950. The third-order valence-corrected chi connectivity index (χ3v) is 4.46. The molecule has 2 aromatic carbocycles. The Labute approximate surface area is 143 Å². The van der Waals surface area contributed by atoms with Crippen LogP contribution in [0.15, 0.2) is 59.7 Å². The zero-order valence-electron chi connectivity index (χ0n) is 14.7. The van der Waals surface area contributed by atoms with E-state index in [1.54, 1.807) is 0 Å². The smallest absolute Gasteiger partial charge is 0.0562 e. The van der Waals surface area contributed by atoms with Gasteiger partial charge in [-0.25, -0.2) is 0 Å². The Balaban J connectivity index is 1.91. The number of rotatable bonds is 4. The van der Waals surface area contributed by atoms with E-state index >= 15 is 0 Å². The van der Waals surface area contributed by atoms with E-state index in [9.17, 15) is 0 Å². The third kappa shape index (κ3) is 3.11. The Kier molecular flexibility index (Phi) is 4.52. The van der Waals surface area contributed by atoms with Gasteiger partial charge < -0.3 is 4.57 Å². The number of para-hydroxylation sites is 1. The molecule has 24 heavy (non-hydrogen) atoms. The van der Waals surface area contributed by atoms with Gasteiger partial charge in [-0.05, 0) is 63.1 Å². The van der Waals surface area contributed by atoms with Crippen molar-refractivity contribution in [2.45, 2.75) is 27.7 Å². The first kappa shape index (κ1) is 16.1. The van der Waals surface area contributed by atoms with Gasteiger partial charge in [0.15, 0.2) is 0 Å². The summed E-state index contributed by atoms with van der Waals surface area (Å²) in [6.45, 7) is 8.60. The Morgan fingerprint density at radius 1 is 0.917 bits per heavy atom. The summed E-state index contributed by atoms with van der Waals surface area (Å²) < 4.78 is 2.30. The van der Waals surface area contributed by atoms with E-state index < -0.39 is 0 Å². The predicted molar refractivity (Wildman–Crippen MR) is 102 cm³/mol. The number of aryl methyl sites for hydroxylation is 2. The minimum atomic E-state index is 0.983. The van der Waals surface area contributed by atoms with Gasteiger partial charge in [-0.3, -0.25) is 5.43 Å². The highest BCUT2D eigenvalue weighted by Crippen LogP contribution is 2.24. The van der Waals surface area contributed by atoms with E-state index in [1.807, 2.05) is 36.5 Å². The zero-order chi connectivity index (χ0) is 17.1. The molecule has 0 atom stereocenters. The minimum absolute atomic E-state index is 0.983. The number of hydrogen-bond acceptors (Lipinski definition) is 2. The molecule has 0 saturated carbocycles. The van der Waals surface area contributed by atoms with Gasteiger partial charge in [-0.2, -0.15) is 5.10 Å². The average molecular weight is 317 g/mol. The molecule has 0 amide bonds. The van der Waals surface area contributed by atoms with Crippen molar-refractivity contribution < 1.29 is 0 Å². The van der Waals surface area contributed by atoms with Crippen molar-refractivity contribution in [1.29, 1.82) is 0 Å². The molecule has 0 radical (unpaired) electrons. The molecule has 0 spiro atoms. The van der Waals surface area contributed by atoms with Gasteiger partial charge in [-0.15, -0.1) is 0 Å². The first-order chi connectivity index (χ1) is 11.6. The predicted octanol–water partition coefficient (Wildman–Crippen LogP) is 5.16. The summed E-state index contributed by atoms with van der Waals surface area (Å²) in [7, 11) is 0. The van der Waals surface area contributed by atoms with Crippen LogP contribution < -0.4 is 5.43 Å². The molecule has 0 aliphatic rings. The van der Waals surface area contributed by atoms with Crippen molar-refractivity contribution >= 4 is 11.9 Å². The van der Waals surface area contributed by atoms with Crippen molar-refractivity contribution in [2.24, 2.45) is 5.10 Å². The summed E-state index contributed by atoms with van der Waals surface area (Å²) in [4.78, 5) is 0. The molecule has 0 saturated heterocycles. The highest BCUT2D eigenvalue weighted by Gasteiger charge is 2.11. The summed E-state index contributed by atoms with van der Waals surface area (Å²) in [6.07, 6.45) is 1.89. The maximum absolute atomic E-state index is 4.37. The molecule has 3 aromatic rings. The van der Waals surface area contributed by atoms with Crippen LogP contribution >= 0.6 is 0 Å². The zero-order valence-corrected chi connectivity index (χ0v) is 14.7. The van der Waals surface area contributed by atoms with Crippen LogP contribution in [0.2, 0.25) is 0 Å². The maximum Gasteiger partial charge on any atom is 0.0562 e. The van der Waals surface area contributed by atoms with Crippen molar-refractivity contribution in [2.75, 3.05) is 5.43 Å². The van der Waals surface area contributed by atoms with Gasteiger partial charge in [-0.1, -0.05) is 30.3 Å². The normalized spacial score (nSPS) is 11.2. The highest BCUT2D eigenvalue weighted by molar-refractivity contribution is 5.82. The summed E-state index contributed by atoms with van der Waals surface area (Å²) >= 11 is 0. The average Bonchev–Trinajstić information content (AvgIpc) is 2.86. The minimum Gasteiger partial charge on any atom is -0.318 e. The SMILES string of the molecule is Cc1cccc(-n2c(C)cc(/C=N\Nc3ccccc3)c2C)c1C. The fourth-order valence-electron chi connectivity index (χ4n) is 2.96. The summed E-state index contributed by atoms with van der Waals surface area (Å²) in [5.41, 5.74) is 11.4. The molecule has 1 heterocycles. The Bertz CT molecular complexity index is 874. The third-order valence-electron chi connectivity index (χ3n) is 4.46. The Hall–Kier alpha value is -2.81. The standard InChI is InChI=1S/C21H23N3/c1-15-9-8-12-21(17(15)3)24-16(2)13-19(18(24)4)14-22-23-20-10-6-5-7-11-20/h5-14,23H,1-4H3/b22-14-. The fourth-order valence-corrected chi connectivity index (χ4v) is 2.96. The molecule has 0 bridgehead atoms. The van der Waals surface area contributed by atoms with Gasteiger partial charge in [0, 0.05) is 22.6 Å². The van der Waals surface area contributed by atoms with Crippen LogP contribution in [0.1, 0.15) is 28.1 Å². The molecule has 0 aliphatic carbocycles. The van der Waals surface area contributed by atoms with Gasteiger partial charge in [0.05, 0.1) is 11.9 Å². The van der Waals surface area contributed by atoms with Crippen molar-refractivity contribution in [3.05, 3.63) is 82.7 Å². The molecular weight excluding hydrogens is 294 g/mol. The van der Waals surface area contributed by atoms with E-state index in [1.165, 1.54) is 28.2 Å². The molecule has 1 aromatic heterocycles. The van der Waals surface area contributed by atoms with Crippen LogP contribution in [-0.2, 0) is 0 Å². The topological polar surface area (TPSA) is 29.3 Å². The van der Waals surface area contributed by atoms with E-state index in [0.29, 0.717) is 0 Å². The Morgan fingerprint density at radius 3 is 2.42 bits per heavy atom. The molecule has 1 N–H and O–H groups in total. The van der Waals surface area contributed by atoms with Crippen molar-refractivity contribution in [1.82, 2.24) is 4.57 Å². The summed E-state index contributed by atoms with van der Waals surface area (Å²) in [5.74, 6) is 0. The van der Waals surface area contributed by atoms with Crippen molar-refractivity contribution in [3.8, 4) is 5.69 Å². The number of nitrogens with zero attached hydrogens (tertiary/aromatic N) is 2. The molecule has 122 valence electrons. The summed E-state index contributed by atoms with van der Waals surface area (Å²) in [6, 6.07) is 18.6. The molecule has 3 nitrogen and oxygen atoms in total. The van der Waals surface area contributed by atoms with E-state index in [-0.39, 0.29) is 0 Å². The fraction of sp³-hybridized carbons (Fsp3) is 0.190. The van der Waals surface area contributed by atoms with Crippen LogP contribution in [0.3, 0.4) is 0 Å². The van der Waals surface area contributed by atoms with Crippen LogP contribution in [0.5, 0.6) is 0 Å². The van der Waals surface area contributed by atoms with Crippen LogP contribution in [-0.4, -0.2) is 10.8 Å². The lowest BCUT2D eigenvalue weighted by Crippen LogP contribution is -2.03. The van der Waals surface area contributed by atoms with Gasteiger partial charge in [0.2, 0.25) is 0 Å². The van der Waals surface area contributed by atoms with Crippen molar-refractivity contribution in [3.63, 3.8) is 0 Å². The van der Waals surface area contributed by atoms with Crippen LogP contribution in [0.25, 0.3) is 5.69 Å². The van der Waals surface area contributed by atoms with E-state index in [0.717, 1.165) is 11.3 Å². The van der Waals surface area contributed by atoms with Gasteiger partial charge >= 0.3 is 0 Å². The first-order valence-electron chi connectivity index (χ1n) is 8.17. The summed E-state index contributed by atoms with van der Waals surface area (Å²) in [5, 5.41) is 4.37. The molecule has 0 fully saturated rings. The number of nitrogens with one attached hydrogen (secondary N) is 1. The second-order valence-electron chi connectivity index (χ2n) is 6.12. The van der Waals surface area contributed by atoms with Gasteiger partial charge in [0.1, 0.15) is 0 Å². The first-order valence-corrected chi connectivity index (χ1v) is 8.17. The highest BCUT2D eigenvalue weighted by atomic mass is 15.3. The number of hydrazone groups is 1. The molecule has 0 aliphatic heterocycles.